The average molecular weight is 335 g/mol. The summed E-state index contributed by atoms with van der Waals surface area (Å²) in [7, 11) is 0. The van der Waals surface area contributed by atoms with E-state index >= 15 is 0 Å². The van der Waals surface area contributed by atoms with Crippen LogP contribution in [-0.4, -0.2) is 27.6 Å². The minimum Gasteiger partial charge on any atom is -0.337 e. The quantitative estimate of drug-likeness (QED) is 0.784. The number of carbonyl (C=O) groups is 1. The molecular weight excluding hydrogens is 316 g/mol. The van der Waals surface area contributed by atoms with Gasteiger partial charge < -0.3 is 4.90 Å². The Hall–Kier alpha value is -1.39. The summed E-state index contributed by atoms with van der Waals surface area (Å²) < 4.78 is 4.11. The first-order valence-corrected chi connectivity index (χ1v) is 8.92. The van der Waals surface area contributed by atoms with Crippen LogP contribution in [0.3, 0.4) is 0 Å². The predicted octanol–water partition coefficient (Wildman–Crippen LogP) is 3.52. The fraction of sp³-hybridized carbons (Fsp3) is 0.412. The molecule has 22 heavy (non-hydrogen) atoms. The van der Waals surface area contributed by atoms with Crippen LogP contribution in [0.25, 0.3) is 0 Å². The minimum absolute atomic E-state index is 0.00623. The molecule has 116 valence electrons. The van der Waals surface area contributed by atoms with Gasteiger partial charge in [0.05, 0.1) is 0 Å². The van der Waals surface area contributed by atoms with Gasteiger partial charge in [0.25, 0.3) is 0 Å². The molecule has 1 atom stereocenters. The van der Waals surface area contributed by atoms with Crippen molar-refractivity contribution in [3.05, 3.63) is 52.5 Å². The van der Waals surface area contributed by atoms with Gasteiger partial charge in [-0.2, -0.15) is 0 Å². The SMILES string of the molecule is O=C(CCl)N(Cc1cnsc1)CC1CCc2ccccc2C1. The fourth-order valence-corrected chi connectivity index (χ4v) is 3.80. The van der Waals surface area contributed by atoms with E-state index in [0.717, 1.165) is 31.4 Å². The van der Waals surface area contributed by atoms with Crippen LogP contribution in [0.5, 0.6) is 0 Å². The van der Waals surface area contributed by atoms with Crippen LogP contribution < -0.4 is 0 Å². The molecule has 3 rings (SSSR count). The molecule has 0 spiro atoms. The number of rotatable bonds is 5. The van der Waals surface area contributed by atoms with Gasteiger partial charge in [-0.15, -0.1) is 11.6 Å². The van der Waals surface area contributed by atoms with Crippen molar-refractivity contribution in [1.29, 1.82) is 0 Å². The van der Waals surface area contributed by atoms with Crippen molar-refractivity contribution in [2.75, 3.05) is 12.4 Å². The van der Waals surface area contributed by atoms with Gasteiger partial charge in [0.1, 0.15) is 5.88 Å². The number of amides is 1. The average Bonchev–Trinajstić information content (AvgIpc) is 3.06. The lowest BCUT2D eigenvalue weighted by Gasteiger charge is -2.30. The van der Waals surface area contributed by atoms with E-state index in [1.807, 2.05) is 16.5 Å². The smallest absolute Gasteiger partial charge is 0.237 e. The number of hydrogen-bond acceptors (Lipinski definition) is 3. The van der Waals surface area contributed by atoms with Crippen molar-refractivity contribution in [1.82, 2.24) is 9.27 Å². The number of fused-ring (bicyclic) bond motifs is 1. The van der Waals surface area contributed by atoms with Crippen LogP contribution in [0.2, 0.25) is 0 Å². The topological polar surface area (TPSA) is 33.2 Å². The van der Waals surface area contributed by atoms with E-state index in [1.54, 1.807) is 0 Å². The highest BCUT2D eigenvalue weighted by Crippen LogP contribution is 2.26. The predicted molar refractivity (Wildman–Crippen MR) is 90.2 cm³/mol. The Kier molecular flexibility index (Phi) is 5.11. The van der Waals surface area contributed by atoms with Gasteiger partial charge in [-0.25, -0.2) is 4.37 Å². The highest BCUT2D eigenvalue weighted by atomic mass is 35.5. The number of benzene rings is 1. The minimum atomic E-state index is 0.00623. The zero-order valence-corrected chi connectivity index (χ0v) is 13.9. The highest BCUT2D eigenvalue weighted by molar-refractivity contribution is 7.03. The summed E-state index contributed by atoms with van der Waals surface area (Å²) in [5.41, 5.74) is 3.96. The Balaban J connectivity index is 1.67. The maximum atomic E-state index is 12.1. The van der Waals surface area contributed by atoms with E-state index in [0.29, 0.717) is 12.5 Å². The van der Waals surface area contributed by atoms with Crippen molar-refractivity contribution in [3.8, 4) is 0 Å². The van der Waals surface area contributed by atoms with E-state index in [-0.39, 0.29) is 11.8 Å². The molecule has 1 amide bonds. The van der Waals surface area contributed by atoms with Gasteiger partial charge in [0.15, 0.2) is 0 Å². The Morgan fingerprint density at radius 1 is 1.36 bits per heavy atom. The standard InChI is InChI=1S/C17H19ClN2OS/c18-8-17(21)20(11-14-9-19-22-12-14)10-13-5-6-15-3-1-2-4-16(15)7-13/h1-4,9,12-13H,5-8,10-11H2. The molecule has 1 aromatic carbocycles. The van der Waals surface area contributed by atoms with E-state index < -0.39 is 0 Å². The monoisotopic (exact) mass is 334 g/mol. The molecule has 0 saturated heterocycles. The first kappa shape index (κ1) is 15.5. The molecule has 3 nitrogen and oxygen atoms in total. The molecule has 1 unspecified atom stereocenters. The highest BCUT2D eigenvalue weighted by Gasteiger charge is 2.23. The van der Waals surface area contributed by atoms with Gasteiger partial charge in [-0.05, 0) is 47.8 Å². The molecular formula is C17H19ClN2OS. The number of aromatic nitrogens is 1. The molecule has 1 aliphatic carbocycles. The summed E-state index contributed by atoms with van der Waals surface area (Å²) in [4.78, 5) is 14.0. The van der Waals surface area contributed by atoms with Gasteiger partial charge in [0, 0.05) is 30.2 Å². The maximum Gasteiger partial charge on any atom is 0.237 e. The number of nitrogens with zero attached hydrogens (tertiary/aromatic N) is 2. The molecule has 5 heteroatoms. The molecule has 0 radical (unpaired) electrons. The number of halogens is 1. The lowest BCUT2D eigenvalue weighted by molar-refractivity contribution is -0.129. The summed E-state index contributed by atoms with van der Waals surface area (Å²) in [6, 6.07) is 8.62. The zero-order valence-electron chi connectivity index (χ0n) is 12.4. The van der Waals surface area contributed by atoms with Crippen LogP contribution >= 0.6 is 23.1 Å². The summed E-state index contributed by atoms with van der Waals surface area (Å²) in [6.45, 7) is 1.38. The third-order valence-electron chi connectivity index (χ3n) is 4.25. The molecule has 0 N–H and O–H groups in total. The Morgan fingerprint density at radius 3 is 2.91 bits per heavy atom. The Bertz CT molecular complexity index is 629. The molecule has 1 aliphatic rings. The second-order valence-electron chi connectivity index (χ2n) is 5.82. The van der Waals surface area contributed by atoms with Gasteiger partial charge >= 0.3 is 0 Å². The van der Waals surface area contributed by atoms with Crippen LogP contribution in [-0.2, 0) is 24.2 Å². The van der Waals surface area contributed by atoms with Gasteiger partial charge in [-0.1, -0.05) is 24.3 Å². The van der Waals surface area contributed by atoms with Gasteiger partial charge in [-0.3, -0.25) is 4.79 Å². The zero-order chi connectivity index (χ0) is 15.4. The van der Waals surface area contributed by atoms with Crippen molar-refractivity contribution in [3.63, 3.8) is 0 Å². The normalized spacial score (nSPS) is 17.0. The number of carbonyl (C=O) groups excluding carboxylic acids is 1. The van der Waals surface area contributed by atoms with E-state index in [9.17, 15) is 4.79 Å². The lowest BCUT2D eigenvalue weighted by Crippen LogP contribution is -2.37. The second kappa shape index (κ2) is 7.25. The Labute approximate surface area is 140 Å². The molecule has 0 aliphatic heterocycles. The second-order valence-corrected chi connectivity index (χ2v) is 6.74. The first-order valence-electron chi connectivity index (χ1n) is 7.55. The van der Waals surface area contributed by atoms with Crippen LogP contribution in [0.1, 0.15) is 23.1 Å². The maximum absolute atomic E-state index is 12.1. The van der Waals surface area contributed by atoms with Crippen molar-refractivity contribution < 1.29 is 4.79 Å². The Morgan fingerprint density at radius 2 is 2.18 bits per heavy atom. The van der Waals surface area contributed by atoms with E-state index in [4.69, 9.17) is 11.6 Å². The summed E-state index contributed by atoms with van der Waals surface area (Å²) in [6.07, 6.45) is 5.11. The van der Waals surface area contributed by atoms with Gasteiger partial charge in [0.2, 0.25) is 5.91 Å². The third-order valence-corrected chi connectivity index (χ3v) is 5.12. The number of alkyl halides is 1. The van der Waals surface area contributed by atoms with E-state index in [1.165, 1.54) is 22.7 Å². The molecule has 0 saturated carbocycles. The van der Waals surface area contributed by atoms with E-state index in [2.05, 4.69) is 28.6 Å². The first-order chi connectivity index (χ1) is 10.8. The van der Waals surface area contributed by atoms with Crippen LogP contribution in [0, 0.1) is 5.92 Å². The molecule has 2 aromatic rings. The summed E-state index contributed by atoms with van der Waals surface area (Å²) in [5.74, 6) is 0.557. The van der Waals surface area contributed by atoms with Crippen LogP contribution in [0.15, 0.2) is 35.8 Å². The lowest BCUT2D eigenvalue weighted by atomic mass is 9.83. The van der Waals surface area contributed by atoms with Crippen molar-refractivity contribution in [2.24, 2.45) is 5.92 Å². The molecule has 1 aromatic heterocycles. The van der Waals surface area contributed by atoms with Crippen molar-refractivity contribution in [2.45, 2.75) is 25.8 Å². The molecule has 0 fully saturated rings. The summed E-state index contributed by atoms with van der Waals surface area (Å²) in [5, 5.41) is 1.99. The molecule has 0 bridgehead atoms. The fourth-order valence-electron chi connectivity index (χ4n) is 3.10. The number of hydrogen-bond donors (Lipinski definition) is 0. The molecule has 1 heterocycles. The largest absolute Gasteiger partial charge is 0.337 e. The third kappa shape index (κ3) is 3.68. The summed E-state index contributed by atoms with van der Waals surface area (Å²) >= 11 is 7.20. The number of aryl methyl sites for hydroxylation is 1. The van der Waals surface area contributed by atoms with Crippen molar-refractivity contribution >= 4 is 29.0 Å². The van der Waals surface area contributed by atoms with Crippen LogP contribution in [0.4, 0.5) is 0 Å².